The molecule has 1 aliphatic heterocycles. The van der Waals surface area contributed by atoms with Crippen LogP contribution in [0.1, 0.15) is 24.8 Å². The van der Waals surface area contributed by atoms with E-state index in [1.807, 2.05) is 18.2 Å². The summed E-state index contributed by atoms with van der Waals surface area (Å²) in [5.41, 5.74) is 1.20. The van der Waals surface area contributed by atoms with Gasteiger partial charge in [0.05, 0.1) is 11.3 Å². The Bertz CT molecular complexity index is 361. The summed E-state index contributed by atoms with van der Waals surface area (Å²) < 4.78 is 0. The highest BCUT2D eigenvalue weighted by atomic mass is 16.3. The molecular weight excluding hydrogens is 200 g/mol. The second kappa shape index (κ2) is 5.45. The number of benzene rings is 1. The van der Waals surface area contributed by atoms with Gasteiger partial charge in [0, 0.05) is 6.54 Å². The van der Waals surface area contributed by atoms with Gasteiger partial charge in [-0.15, -0.1) is 4.91 Å². The third kappa shape index (κ3) is 2.69. The summed E-state index contributed by atoms with van der Waals surface area (Å²) in [5, 5.41) is 4.71. The van der Waals surface area contributed by atoms with Gasteiger partial charge in [-0.2, -0.15) is 0 Å². The molecule has 0 spiro atoms. The maximum atomic E-state index is 10.5. The topological polar surface area (TPSA) is 32.7 Å². The molecule has 2 rings (SSSR count). The Morgan fingerprint density at radius 3 is 2.94 bits per heavy atom. The molecule has 0 saturated carbocycles. The summed E-state index contributed by atoms with van der Waals surface area (Å²) >= 11 is 0. The van der Waals surface area contributed by atoms with Gasteiger partial charge < -0.3 is 0 Å². The highest BCUT2D eigenvalue weighted by molar-refractivity contribution is 5.48. The van der Waals surface area contributed by atoms with Gasteiger partial charge in [0.2, 0.25) is 0 Å². The van der Waals surface area contributed by atoms with E-state index in [0.717, 1.165) is 25.8 Å². The fourth-order valence-electron chi connectivity index (χ4n) is 2.09. The van der Waals surface area contributed by atoms with E-state index in [1.165, 1.54) is 5.56 Å². The highest BCUT2D eigenvalue weighted by Gasteiger charge is 2.22. The van der Waals surface area contributed by atoms with Gasteiger partial charge in [-0.05, 0) is 24.8 Å². The lowest BCUT2D eigenvalue weighted by atomic mass is 10.1. The van der Waals surface area contributed by atoms with Crippen LogP contribution in [0.5, 0.6) is 0 Å². The Labute approximate surface area is 95.7 Å². The predicted molar refractivity (Wildman–Crippen MR) is 65.6 cm³/mol. The minimum Gasteiger partial charge on any atom is -0.258 e. The molecule has 0 amide bonds. The molecule has 1 aromatic carbocycles. The van der Waals surface area contributed by atoms with E-state index in [1.54, 1.807) is 5.01 Å². The first-order valence-electron chi connectivity index (χ1n) is 5.71. The number of hydrogen-bond acceptors (Lipinski definition) is 2. The average Bonchev–Trinajstić information content (AvgIpc) is 2.78. The molecule has 1 unspecified atom stereocenters. The zero-order valence-corrected chi connectivity index (χ0v) is 9.25. The zero-order chi connectivity index (χ0) is 11.2. The van der Waals surface area contributed by atoms with Gasteiger partial charge >= 0.3 is 0 Å². The Morgan fingerprint density at radius 1 is 1.38 bits per heavy atom. The fraction of sp³-hybridized carbons (Fsp3) is 0.385. The summed E-state index contributed by atoms with van der Waals surface area (Å²) in [7, 11) is 0. The van der Waals surface area contributed by atoms with Crippen molar-refractivity contribution in [3.63, 3.8) is 0 Å². The maximum Gasteiger partial charge on any atom is 0.0537 e. The lowest BCUT2D eigenvalue weighted by molar-refractivity contribution is 0.264. The number of rotatable bonds is 4. The lowest BCUT2D eigenvalue weighted by Crippen LogP contribution is -2.22. The third-order valence-electron chi connectivity index (χ3n) is 2.97. The van der Waals surface area contributed by atoms with Crippen LogP contribution in [0, 0.1) is 4.91 Å². The molecule has 84 valence electrons. The Hall–Kier alpha value is -1.64. The quantitative estimate of drug-likeness (QED) is 0.724. The van der Waals surface area contributed by atoms with E-state index in [9.17, 15) is 4.91 Å². The highest BCUT2D eigenvalue weighted by Crippen LogP contribution is 2.20. The van der Waals surface area contributed by atoms with Crippen molar-refractivity contribution < 1.29 is 0 Å². The van der Waals surface area contributed by atoms with Crippen LogP contribution in [-0.4, -0.2) is 17.6 Å². The molecular formula is C13H16N2O. The number of nitroso groups, excluding NO2 is 1. The van der Waals surface area contributed by atoms with Crippen LogP contribution in [0.4, 0.5) is 0 Å². The van der Waals surface area contributed by atoms with Crippen molar-refractivity contribution in [3.05, 3.63) is 46.9 Å². The van der Waals surface area contributed by atoms with Crippen LogP contribution in [0.25, 0.3) is 6.08 Å². The normalized spacial score (nSPS) is 20.5. The van der Waals surface area contributed by atoms with Crippen molar-refractivity contribution in [3.8, 4) is 0 Å². The van der Waals surface area contributed by atoms with Gasteiger partial charge in [0.15, 0.2) is 0 Å². The largest absolute Gasteiger partial charge is 0.258 e. The Morgan fingerprint density at radius 2 is 2.19 bits per heavy atom. The second-order valence-electron chi connectivity index (χ2n) is 4.09. The molecule has 0 N–H and O–H groups in total. The van der Waals surface area contributed by atoms with Crippen LogP contribution < -0.4 is 0 Å². The standard InChI is InChI=1S/C13H16N2O/c16-14-15-11-5-10-13(15)9-4-8-12-6-2-1-3-7-12/h1-4,6-8,13H,5,9-11H2/b8-4+. The van der Waals surface area contributed by atoms with Crippen molar-refractivity contribution >= 4 is 6.08 Å². The molecule has 1 heterocycles. The summed E-state index contributed by atoms with van der Waals surface area (Å²) in [6, 6.07) is 10.5. The molecule has 3 heteroatoms. The van der Waals surface area contributed by atoms with Crippen LogP contribution in [0.2, 0.25) is 0 Å². The van der Waals surface area contributed by atoms with Crippen molar-refractivity contribution in [2.75, 3.05) is 6.54 Å². The van der Waals surface area contributed by atoms with Crippen molar-refractivity contribution in [1.82, 2.24) is 5.01 Å². The van der Waals surface area contributed by atoms with E-state index in [2.05, 4.69) is 29.6 Å². The van der Waals surface area contributed by atoms with Crippen molar-refractivity contribution in [1.29, 1.82) is 0 Å². The molecule has 1 saturated heterocycles. The monoisotopic (exact) mass is 216 g/mol. The predicted octanol–water partition coefficient (Wildman–Crippen LogP) is 3.24. The van der Waals surface area contributed by atoms with Crippen LogP contribution in [-0.2, 0) is 0 Å². The van der Waals surface area contributed by atoms with Crippen molar-refractivity contribution in [2.24, 2.45) is 5.29 Å². The molecule has 1 aliphatic rings. The summed E-state index contributed by atoms with van der Waals surface area (Å²) in [5.74, 6) is 0. The third-order valence-corrected chi connectivity index (χ3v) is 2.97. The first-order valence-corrected chi connectivity index (χ1v) is 5.71. The molecule has 1 aromatic rings. The van der Waals surface area contributed by atoms with E-state index < -0.39 is 0 Å². The first kappa shape index (κ1) is 10.9. The first-order chi connectivity index (χ1) is 7.90. The Balaban J connectivity index is 1.87. The van der Waals surface area contributed by atoms with Gasteiger partial charge in [0.1, 0.15) is 0 Å². The van der Waals surface area contributed by atoms with E-state index in [0.29, 0.717) is 6.04 Å². The smallest absolute Gasteiger partial charge is 0.0537 e. The van der Waals surface area contributed by atoms with Crippen molar-refractivity contribution in [2.45, 2.75) is 25.3 Å². The van der Waals surface area contributed by atoms with E-state index >= 15 is 0 Å². The number of nitrogens with zero attached hydrogens (tertiary/aromatic N) is 2. The summed E-state index contributed by atoms with van der Waals surface area (Å²) in [6.45, 7) is 0.813. The SMILES string of the molecule is O=NN1CCCC1C/C=C/c1ccccc1. The fourth-order valence-corrected chi connectivity index (χ4v) is 2.09. The van der Waals surface area contributed by atoms with Gasteiger partial charge in [-0.25, -0.2) is 0 Å². The molecule has 0 radical (unpaired) electrons. The molecule has 0 bridgehead atoms. The minimum absolute atomic E-state index is 0.303. The van der Waals surface area contributed by atoms with Gasteiger partial charge in [0.25, 0.3) is 0 Å². The van der Waals surface area contributed by atoms with Crippen LogP contribution >= 0.6 is 0 Å². The molecule has 0 aromatic heterocycles. The van der Waals surface area contributed by atoms with E-state index in [4.69, 9.17) is 0 Å². The minimum atomic E-state index is 0.303. The molecule has 16 heavy (non-hydrogen) atoms. The molecule has 1 atom stereocenters. The second-order valence-corrected chi connectivity index (χ2v) is 4.09. The van der Waals surface area contributed by atoms with E-state index in [-0.39, 0.29) is 0 Å². The Kier molecular flexibility index (Phi) is 3.70. The molecule has 0 aliphatic carbocycles. The maximum absolute atomic E-state index is 10.5. The van der Waals surface area contributed by atoms with Gasteiger partial charge in [-0.3, -0.25) is 5.01 Å². The van der Waals surface area contributed by atoms with Crippen LogP contribution in [0.3, 0.4) is 0 Å². The summed E-state index contributed by atoms with van der Waals surface area (Å²) in [4.78, 5) is 10.5. The van der Waals surface area contributed by atoms with Gasteiger partial charge in [-0.1, -0.05) is 42.5 Å². The summed E-state index contributed by atoms with van der Waals surface area (Å²) in [6.07, 6.45) is 7.28. The number of hydrogen-bond donors (Lipinski definition) is 0. The lowest BCUT2D eigenvalue weighted by Gasteiger charge is -2.15. The van der Waals surface area contributed by atoms with Crippen LogP contribution in [0.15, 0.2) is 41.7 Å². The molecule has 1 fully saturated rings. The molecule has 3 nitrogen and oxygen atoms in total. The zero-order valence-electron chi connectivity index (χ0n) is 9.25. The average molecular weight is 216 g/mol.